The predicted octanol–water partition coefficient (Wildman–Crippen LogP) is 1.13. The molecule has 1 rings (SSSR count). The number of halogens is 3. The standard InChI is InChI=1S/C12H17F3N2O3/c1-16(6-9(18)7-20-2)11(19)10-4-3-5-17(10)8-12(13,14)15/h3-5,9,18H,6-8H2,1-2H3. The molecule has 0 saturated heterocycles. The van der Waals surface area contributed by atoms with Crippen LogP contribution in [0.25, 0.3) is 0 Å². The van der Waals surface area contributed by atoms with E-state index in [1.54, 1.807) is 0 Å². The van der Waals surface area contributed by atoms with Crippen LogP contribution in [0.5, 0.6) is 0 Å². The average Bonchev–Trinajstić information content (AvgIpc) is 2.73. The monoisotopic (exact) mass is 294 g/mol. The predicted molar refractivity (Wildman–Crippen MR) is 65.3 cm³/mol. The Balaban J connectivity index is 2.75. The van der Waals surface area contributed by atoms with E-state index in [0.29, 0.717) is 0 Å². The van der Waals surface area contributed by atoms with Gasteiger partial charge in [0, 0.05) is 26.9 Å². The molecule has 8 heteroatoms. The van der Waals surface area contributed by atoms with E-state index >= 15 is 0 Å². The molecule has 0 fully saturated rings. The molecule has 0 aliphatic carbocycles. The molecule has 1 heterocycles. The number of nitrogens with zero attached hydrogens (tertiary/aromatic N) is 2. The van der Waals surface area contributed by atoms with Gasteiger partial charge in [-0.25, -0.2) is 0 Å². The summed E-state index contributed by atoms with van der Waals surface area (Å²) in [6.45, 7) is -1.21. The van der Waals surface area contributed by atoms with Gasteiger partial charge in [-0.2, -0.15) is 13.2 Å². The van der Waals surface area contributed by atoms with Gasteiger partial charge in [0.25, 0.3) is 5.91 Å². The highest BCUT2D eigenvalue weighted by atomic mass is 19.4. The highest BCUT2D eigenvalue weighted by Gasteiger charge is 2.30. The highest BCUT2D eigenvalue weighted by molar-refractivity contribution is 5.92. The van der Waals surface area contributed by atoms with Crippen LogP contribution in [0.3, 0.4) is 0 Å². The minimum atomic E-state index is -4.40. The molecule has 114 valence electrons. The molecule has 0 radical (unpaired) electrons. The van der Waals surface area contributed by atoms with E-state index in [1.165, 1.54) is 32.5 Å². The van der Waals surface area contributed by atoms with Gasteiger partial charge >= 0.3 is 6.18 Å². The molecule has 1 aromatic heterocycles. The Labute approximate surface area is 114 Å². The van der Waals surface area contributed by atoms with Gasteiger partial charge in [0.2, 0.25) is 0 Å². The van der Waals surface area contributed by atoms with E-state index in [1.807, 2.05) is 0 Å². The number of ether oxygens (including phenoxy) is 1. The first-order valence-electron chi connectivity index (χ1n) is 5.89. The van der Waals surface area contributed by atoms with Crippen molar-refractivity contribution in [3.05, 3.63) is 24.0 Å². The van der Waals surface area contributed by atoms with Crippen molar-refractivity contribution >= 4 is 5.91 Å². The van der Waals surface area contributed by atoms with Gasteiger partial charge < -0.3 is 19.3 Å². The van der Waals surface area contributed by atoms with Crippen LogP contribution in [-0.2, 0) is 11.3 Å². The van der Waals surface area contributed by atoms with Crippen molar-refractivity contribution in [2.75, 3.05) is 27.3 Å². The van der Waals surface area contributed by atoms with Gasteiger partial charge in [-0.05, 0) is 12.1 Å². The minimum Gasteiger partial charge on any atom is -0.389 e. The fourth-order valence-corrected chi connectivity index (χ4v) is 1.78. The lowest BCUT2D eigenvalue weighted by Crippen LogP contribution is -2.37. The van der Waals surface area contributed by atoms with Crippen molar-refractivity contribution in [3.63, 3.8) is 0 Å². The molecule has 0 aromatic carbocycles. The normalized spacial score (nSPS) is 13.3. The summed E-state index contributed by atoms with van der Waals surface area (Å²) in [4.78, 5) is 13.2. The molecule has 1 aromatic rings. The number of carbonyl (C=O) groups is 1. The molecule has 1 amide bonds. The minimum absolute atomic E-state index is 0.0239. The summed E-state index contributed by atoms with van der Waals surface area (Å²) in [5.41, 5.74) is -0.0746. The van der Waals surface area contributed by atoms with E-state index < -0.39 is 24.7 Å². The van der Waals surface area contributed by atoms with Crippen LogP contribution in [0.2, 0.25) is 0 Å². The maximum absolute atomic E-state index is 12.4. The van der Waals surface area contributed by atoms with Gasteiger partial charge in [0.15, 0.2) is 0 Å². The molecular formula is C12H17F3N2O3. The first-order chi connectivity index (χ1) is 9.24. The molecule has 1 N–H and O–H groups in total. The van der Waals surface area contributed by atoms with Gasteiger partial charge in [-0.15, -0.1) is 0 Å². The smallest absolute Gasteiger partial charge is 0.389 e. The Morgan fingerprint density at radius 1 is 1.55 bits per heavy atom. The first-order valence-corrected chi connectivity index (χ1v) is 5.89. The summed E-state index contributed by atoms with van der Waals surface area (Å²) in [5, 5.41) is 9.52. The number of hydrogen-bond donors (Lipinski definition) is 1. The largest absolute Gasteiger partial charge is 0.406 e. The molecule has 1 unspecified atom stereocenters. The van der Waals surface area contributed by atoms with Crippen LogP contribution in [0.1, 0.15) is 10.5 Å². The fourth-order valence-electron chi connectivity index (χ4n) is 1.78. The third-order valence-corrected chi connectivity index (χ3v) is 2.59. The van der Waals surface area contributed by atoms with E-state index in [9.17, 15) is 23.1 Å². The van der Waals surface area contributed by atoms with E-state index in [2.05, 4.69) is 0 Å². The molecule has 0 aliphatic rings. The summed E-state index contributed by atoms with van der Waals surface area (Å²) >= 11 is 0. The van der Waals surface area contributed by atoms with E-state index in [0.717, 1.165) is 9.47 Å². The Kier molecular flexibility index (Phi) is 5.58. The molecule has 5 nitrogen and oxygen atoms in total. The Hall–Kier alpha value is -1.54. The third kappa shape index (κ3) is 4.86. The number of aromatic nitrogens is 1. The maximum Gasteiger partial charge on any atom is 0.406 e. The van der Waals surface area contributed by atoms with Crippen LogP contribution in [0, 0.1) is 0 Å². The SMILES string of the molecule is COCC(O)CN(C)C(=O)c1cccn1CC(F)(F)F. The zero-order chi connectivity index (χ0) is 15.3. The van der Waals surface area contributed by atoms with Crippen LogP contribution in [0.15, 0.2) is 18.3 Å². The molecule has 20 heavy (non-hydrogen) atoms. The number of alkyl halides is 3. The van der Waals surface area contributed by atoms with Crippen molar-refractivity contribution in [2.24, 2.45) is 0 Å². The lowest BCUT2D eigenvalue weighted by molar-refractivity contribution is -0.140. The Bertz CT molecular complexity index is 445. The highest BCUT2D eigenvalue weighted by Crippen LogP contribution is 2.19. The molecule has 0 bridgehead atoms. The summed E-state index contributed by atoms with van der Waals surface area (Å²) in [6, 6.07) is 2.69. The zero-order valence-corrected chi connectivity index (χ0v) is 11.2. The van der Waals surface area contributed by atoms with Crippen LogP contribution in [-0.4, -0.2) is 60.1 Å². The summed E-state index contributed by atoms with van der Waals surface area (Å²) in [7, 11) is 2.81. The zero-order valence-electron chi connectivity index (χ0n) is 11.2. The lowest BCUT2D eigenvalue weighted by atomic mass is 10.3. The average molecular weight is 294 g/mol. The summed E-state index contributed by atoms with van der Waals surface area (Å²) in [5.74, 6) is -0.589. The molecular weight excluding hydrogens is 277 g/mol. The van der Waals surface area contributed by atoms with Crippen molar-refractivity contribution in [1.29, 1.82) is 0 Å². The van der Waals surface area contributed by atoms with E-state index in [-0.39, 0.29) is 18.8 Å². The van der Waals surface area contributed by atoms with Crippen molar-refractivity contribution < 1.29 is 27.8 Å². The first kappa shape index (κ1) is 16.5. The molecule has 0 saturated carbocycles. The number of rotatable bonds is 6. The number of amides is 1. The third-order valence-electron chi connectivity index (χ3n) is 2.59. The summed E-state index contributed by atoms with van der Waals surface area (Å²) < 4.78 is 42.7. The van der Waals surface area contributed by atoms with Gasteiger partial charge in [0.1, 0.15) is 12.2 Å². The second-order valence-electron chi connectivity index (χ2n) is 4.43. The van der Waals surface area contributed by atoms with Crippen molar-refractivity contribution in [1.82, 2.24) is 9.47 Å². The number of methoxy groups -OCH3 is 1. The van der Waals surface area contributed by atoms with Gasteiger partial charge in [0.05, 0.1) is 12.7 Å². The number of carbonyl (C=O) groups excluding carboxylic acids is 1. The van der Waals surface area contributed by atoms with Gasteiger partial charge in [-0.3, -0.25) is 4.79 Å². The molecule has 0 aliphatic heterocycles. The second kappa shape index (κ2) is 6.76. The number of hydrogen-bond acceptors (Lipinski definition) is 3. The second-order valence-corrected chi connectivity index (χ2v) is 4.43. The van der Waals surface area contributed by atoms with Crippen molar-refractivity contribution in [3.8, 4) is 0 Å². The quantitative estimate of drug-likeness (QED) is 0.855. The van der Waals surface area contributed by atoms with E-state index in [4.69, 9.17) is 4.74 Å². The number of aliphatic hydroxyl groups excluding tert-OH is 1. The van der Waals surface area contributed by atoms with Crippen molar-refractivity contribution in [2.45, 2.75) is 18.8 Å². The number of likely N-dealkylation sites (N-methyl/N-ethyl adjacent to an activating group) is 1. The topological polar surface area (TPSA) is 54.7 Å². The van der Waals surface area contributed by atoms with Crippen LogP contribution in [0.4, 0.5) is 13.2 Å². The van der Waals surface area contributed by atoms with Crippen LogP contribution < -0.4 is 0 Å². The van der Waals surface area contributed by atoms with Gasteiger partial charge in [-0.1, -0.05) is 0 Å². The fraction of sp³-hybridized carbons (Fsp3) is 0.583. The van der Waals surface area contributed by atoms with Crippen LogP contribution >= 0.6 is 0 Å². The summed E-state index contributed by atoms with van der Waals surface area (Å²) in [6.07, 6.45) is -4.09. The number of aliphatic hydroxyl groups is 1. The maximum atomic E-state index is 12.4. The Morgan fingerprint density at radius 3 is 2.75 bits per heavy atom. The molecule has 1 atom stereocenters. The molecule has 0 spiro atoms. The lowest BCUT2D eigenvalue weighted by Gasteiger charge is -2.21. The Morgan fingerprint density at radius 2 is 2.20 bits per heavy atom.